The van der Waals surface area contributed by atoms with Gasteiger partial charge in [-0.15, -0.1) is 0 Å². The first-order valence-corrected chi connectivity index (χ1v) is 8.61. The maximum atomic E-state index is 6.06. The molecule has 3 heterocycles. The molecule has 0 bridgehead atoms. The summed E-state index contributed by atoms with van der Waals surface area (Å²) < 4.78 is 17.3. The van der Waals surface area contributed by atoms with Crippen molar-refractivity contribution in [2.75, 3.05) is 13.1 Å². The third-order valence-corrected chi connectivity index (χ3v) is 4.47. The Balaban J connectivity index is 1.55. The fourth-order valence-corrected chi connectivity index (χ4v) is 3.23. The van der Waals surface area contributed by atoms with Crippen molar-refractivity contribution in [3.8, 4) is 17.3 Å². The van der Waals surface area contributed by atoms with Gasteiger partial charge in [-0.3, -0.25) is 0 Å². The van der Waals surface area contributed by atoms with Gasteiger partial charge in [0.05, 0.1) is 11.7 Å². The second-order valence-corrected chi connectivity index (χ2v) is 6.43. The summed E-state index contributed by atoms with van der Waals surface area (Å²) in [4.78, 5) is 8.88. The van der Waals surface area contributed by atoms with Crippen LogP contribution in [0.1, 0.15) is 44.6 Å². The molecule has 2 atom stereocenters. The van der Waals surface area contributed by atoms with Crippen molar-refractivity contribution < 1.29 is 14.0 Å². The van der Waals surface area contributed by atoms with Gasteiger partial charge in [0, 0.05) is 19.3 Å². The molecule has 2 fully saturated rings. The van der Waals surface area contributed by atoms with Gasteiger partial charge in [0.1, 0.15) is 12.2 Å². The van der Waals surface area contributed by atoms with Crippen LogP contribution in [-0.2, 0) is 4.74 Å². The Hall–Kier alpha value is -1.99. The van der Waals surface area contributed by atoms with Crippen molar-refractivity contribution >= 4 is 0 Å². The van der Waals surface area contributed by atoms with Crippen LogP contribution in [0.2, 0.25) is 0 Å². The van der Waals surface area contributed by atoms with E-state index in [2.05, 4.69) is 20.4 Å². The Bertz CT molecular complexity index is 684. The lowest BCUT2D eigenvalue weighted by Gasteiger charge is -2.25. The molecular formula is C17H22N4O3. The molecule has 1 saturated heterocycles. The molecule has 0 unspecified atom stereocenters. The van der Waals surface area contributed by atoms with Crippen LogP contribution in [0, 0.1) is 0 Å². The van der Waals surface area contributed by atoms with Crippen LogP contribution in [0.5, 0.6) is 5.88 Å². The predicted octanol–water partition coefficient (Wildman–Crippen LogP) is 2.50. The molecule has 0 spiro atoms. The standard InChI is InChI=1S/C17H22N4O3/c1-11-9-18-10-14(22-11)17-20-15(21-24-17)13-7-4-8-19-16(13)23-12-5-2-3-6-12/h4,7-8,11-12,14,18H,2-3,5-6,9-10H2,1H3/t11-,14-/m1/s1. The molecule has 1 saturated carbocycles. The number of rotatable bonds is 4. The summed E-state index contributed by atoms with van der Waals surface area (Å²) in [6.45, 7) is 3.52. The summed E-state index contributed by atoms with van der Waals surface area (Å²) in [7, 11) is 0. The molecule has 7 nitrogen and oxygen atoms in total. The van der Waals surface area contributed by atoms with Gasteiger partial charge in [0.25, 0.3) is 5.89 Å². The highest BCUT2D eigenvalue weighted by atomic mass is 16.5. The Morgan fingerprint density at radius 2 is 2.12 bits per heavy atom. The average molecular weight is 330 g/mol. The largest absolute Gasteiger partial charge is 0.474 e. The molecule has 4 rings (SSSR count). The Labute approximate surface area is 140 Å². The van der Waals surface area contributed by atoms with Crippen molar-refractivity contribution in [1.29, 1.82) is 0 Å². The number of nitrogens with zero attached hydrogens (tertiary/aromatic N) is 3. The van der Waals surface area contributed by atoms with Crippen molar-refractivity contribution in [1.82, 2.24) is 20.4 Å². The highest BCUT2D eigenvalue weighted by molar-refractivity contribution is 5.60. The maximum absolute atomic E-state index is 6.06. The molecule has 1 aliphatic heterocycles. The van der Waals surface area contributed by atoms with E-state index in [9.17, 15) is 0 Å². The van der Waals surface area contributed by atoms with Crippen LogP contribution in [0.15, 0.2) is 22.9 Å². The molecule has 128 valence electrons. The minimum Gasteiger partial charge on any atom is -0.474 e. The lowest BCUT2D eigenvalue weighted by molar-refractivity contribution is -0.0438. The third kappa shape index (κ3) is 3.27. The van der Waals surface area contributed by atoms with Gasteiger partial charge in [0.15, 0.2) is 0 Å². The average Bonchev–Trinajstić information content (AvgIpc) is 3.27. The van der Waals surface area contributed by atoms with Crippen molar-refractivity contribution in [2.24, 2.45) is 0 Å². The monoisotopic (exact) mass is 330 g/mol. The molecule has 1 aliphatic carbocycles. The van der Waals surface area contributed by atoms with Crippen LogP contribution in [0.3, 0.4) is 0 Å². The number of aromatic nitrogens is 3. The number of hydrogen-bond acceptors (Lipinski definition) is 7. The molecule has 2 aromatic heterocycles. The summed E-state index contributed by atoms with van der Waals surface area (Å²) in [5, 5.41) is 7.41. The molecule has 7 heteroatoms. The second kappa shape index (κ2) is 6.86. The highest BCUT2D eigenvalue weighted by Gasteiger charge is 2.27. The molecule has 0 aromatic carbocycles. The quantitative estimate of drug-likeness (QED) is 0.922. The van der Waals surface area contributed by atoms with Crippen molar-refractivity contribution in [2.45, 2.75) is 50.9 Å². The zero-order valence-electron chi connectivity index (χ0n) is 13.8. The van der Waals surface area contributed by atoms with Crippen LogP contribution < -0.4 is 10.1 Å². The normalized spacial score (nSPS) is 25.0. The van der Waals surface area contributed by atoms with E-state index in [1.807, 2.05) is 19.1 Å². The lowest BCUT2D eigenvalue weighted by atomic mass is 10.2. The summed E-state index contributed by atoms with van der Waals surface area (Å²) in [5.74, 6) is 1.56. The van der Waals surface area contributed by atoms with Crippen molar-refractivity contribution in [3.63, 3.8) is 0 Å². The Morgan fingerprint density at radius 3 is 2.96 bits per heavy atom. The van der Waals surface area contributed by atoms with E-state index in [1.165, 1.54) is 12.8 Å². The summed E-state index contributed by atoms with van der Waals surface area (Å²) >= 11 is 0. The molecule has 0 amide bonds. The first kappa shape index (κ1) is 15.5. The van der Waals surface area contributed by atoms with Gasteiger partial charge in [-0.05, 0) is 44.7 Å². The fraction of sp³-hybridized carbons (Fsp3) is 0.588. The maximum Gasteiger partial charge on any atom is 0.257 e. The number of pyridine rings is 1. The molecule has 2 aliphatic rings. The summed E-state index contributed by atoms with van der Waals surface area (Å²) in [6.07, 6.45) is 6.44. The van der Waals surface area contributed by atoms with E-state index in [1.54, 1.807) is 6.20 Å². The Kier molecular flexibility index (Phi) is 4.44. The predicted molar refractivity (Wildman–Crippen MR) is 86.6 cm³/mol. The van der Waals surface area contributed by atoms with Crippen LogP contribution >= 0.6 is 0 Å². The first-order valence-electron chi connectivity index (χ1n) is 8.61. The molecule has 0 radical (unpaired) electrons. The SMILES string of the molecule is C[C@@H]1CNC[C@H](c2nc(-c3cccnc3OC3CCCC3)no2)O1. The molecular weight excluding hydrogens is 308 g/mol. The van der Waals surface area contributed by atoms with E-state index >= 15 is 0 Å². The first-order chi connectivity index (χ1) is 11.8. The van der Waals surface area contributed by atoms with Gasteiger partial charge in [-0.2, -0.15) is 4.98 Å². The van der Waals surface area contributed by atoms with Gasteiger partial charge >= 0.3 is 0 Å². The minimum absolute atomic E-state index is 0.124. The van der Waals surface area contributed by atoms with E-state index in [0.717, 1.165) is 24.9 Å². The smallest absolute Gasteiger partial charge is 0.257 e. The zero-order chi connectivity index (χ0) is 16.4. The van der Waals surface area contributed by atoms with Gasteiger partial charge in [-0.25, -0.2) is 4.98 Å². The van der Waals surface area contributed by atoms with Crippen LogP contribution in [-0.4, -0.2) is 40.4 Å². The third-order valence-electron chi connectivity index (χ3n) is 4.47. The van der Waals surface area contributed by atoms with Gasteiger partial charge in [-0.1, -0.05) is 5.16 Å². The number of morpholine rings is 1. The molecule has 2 aromatic rings. The van der Waals surface area contributed by atoms with Crippen molar-refractivity contribution in [3.05, 3.63) is 24.2 Å². The van der Waals surface area contributed by atoms with E-state index in [-0.39, 0.29) is 18.3 Å². The number of hydrogen-bond donors (Lipinski definition) is 1. The Morgan fingerprint density at radius 1 is 1.25 bits per heavy atom. The fourth-order valence-electron chi connectivity index (χ4n) is 3.23. The van der Waals surface area contributed by atoms with Gasteiger partial charge < -0.3 is 19.3 Å². The van der Waals surface area contributed by atoms with Gasteiger partial charge in [0.2, 0.25) is 11.7 Å². The second-order valence-electron chi connectivity index (χ2n) is 6.43. The molecule has 1 N–H and O–H groups in total. The summed E-state index contributed by atoms with van der Waals surface area (Å²) in [6, 6.07) is 3.77. The highest BCUT2D eigenvalue weighted by Crippen LogP contribution is 2.31. The zero-order valence-corrected chi connectivity index (χ0v) is 13.8. The van der Waals surface area contributed by atoms with Crippen LogP contribution in [0.4, 0.5) is 0 Å². The number of ether oxygens (including phenoxy) is 2. The van der Waals surface area contributed by atoms with E-state index < -0.39 is 0 Å². The summed E-state index contributed by atoms with van der Waals surface area (Å²) in [5.41, 5.74) is 0.760. The van der Waals surface area contributed by atoms with E-state index in [4.69, 9.17) is 14.0 Å². The number of nitrogens with one attached hydrogen (secondary N) is 1. The topological polar surface area (TPSA) is 82.3 Å². The lowest BCUT2D eigenvalue weighted by Crippen LogP contribution is -2.39. The van der Waals surface area contributed by atoms with Crippen LogP contribution in [0.25, 0.3) is 11.4 Å². The minimum atomic E-state index is -0.217. The molecule has 24 heavy (non-hydrogen) atoms. The van der Waals surface area contributed by atoms with E-state index in [0.29, 0.717) is 24.1 Å².